The number of rotatable bonds is 6. The van der Waals surface area contributed by atoms with Gasteiger partial charge in [-0.15, -0.1) is 0 Å². The number of hydrogen-bond acceptors (Lipinski definition) is 3. The monoisotopic (exact) mass is 262 g/mol. The molecule has 0 aromatic carbocycles. The molecule has 0 unspecified atom stereocenters. The molecule has 3 nitrogen and oxygen atoms in total. The van der Waals surface area contributed by atoms with Gasteiger partial charge in [-0.05, 0) is 41.8 Å². The predicted molar refractivity (Wildman–Crippen MR) is 74.0 cm³/mol. The van der Waals surface area contributed by atoms with E-state index in [0.29, 0.717) is 12.8 Å². The van der Waals surface area contributed by atoms with Crippen LogP contribution in [-0.4, -0.2) is 15.6 Å². The summed E-state index contributed by atoms with van der Waals surface area (Å²) in [5.41, 5.74) is 3.22. The number of carbonyl (C=O) groups excluding carboxylic acids is 1. The lowest BCUT2D eigenvalue weighted by molar-refractivity contribution is -0.117. The Morgan fingerprint density at radius 2 is 2.22 bits per heavy atom. The summed E-state index contributed by atoms with van der Waals surface area (Å²) in [4.78, 5) is 12.0. The molecule has 0 saturated heterocycles. The fourth-order valence-electron chi connectivity index (χ4n) is 1.99. The first-order valence-corrected chi connectivity index (χ1v) is 7.25. The van der Waals surface area contributed by atoms with Crippen molar-refractivity contribution in [3.8, 4) is 0 Å². The van der Waals surface area contributed by atoms with Gasteiger partial charge < -0.3 is 0 Å². The van der Waals surface area contributed by atoms with E-state index in [2.05, 4.69) is 25.0 Å². The van der Waals surface area contributed by atoms with Crippen LogP contribution < -0.4 is 0 Å². The largest absolute Gasteiger partial charge is 0.299 e. The zero-order valence-corrected chi connectivity index (χ0v) is 11.7. The Labute approximate surface area is 111 Å². The lowest BCUT2D eigenvalue weighted by Gasteiger charge is -2.03. The van der Waals surface area contributed by atoms with Crippen molar-refractivity contribution in [2.24, 2.45) is 0 Å². The van der Waals surface area contributed by atoms with E-state index in [-0.39, 0.29) is 5.78 Å². The van der Waals surface area contributed by atoms with Gasteiger partial charge in [0.15, 0.2) is 0 Å². The quantitative estimate of drug-likeness (QED) is 0.802. The number of aryl methyl sites for hydroxylation is 2. The number of thiophene rings is 1. The van der Waals surface area contributed by atoms with Crippen molar-refractivity contribution >= 4 is 17.1 Å². The van der Waals surface area contributed by atoms with E-state index in [4.69, 9.17) is 0 Å². The molecule has 0 saturated carbocycles. The molecule has 0 atom stereocenters. The summed E-state index contributed by atoms with van der Waals surface area (Å²) in [7, 11) is 0. The van der Waals surface area contributed by atoms with Gasteiger partial charge in [0.2, 0.25) is 0 Å². The van der Waals surface area contributed by atoms with Crippen LogP contribution in [-0.2, 0) is 30.6 Å². The van der Waals surface area contributed by atoms with Gasteiger partial charge in [0, 0.05) is 25.1 Å². The fourth-order valence-corrected chi connectivity index (χ4v) is 2.66. The molecule has 0 bridgehead atoms. The summed E-state index contributed by atoms with van der Waals surface area (Å²) < 4.78 is 1.93. The topological polar surface area (TPSA) is 34.9 Å². The highest BCUT2D eigenvalue weighted by molar-refractivity contribution is 7.07. The molecule has 0 N–H and O–H groups in total. The molecule has 0 radical (unpaired) electrons. The minimum atomic E-state index is 0.255. The summed E-state index contributed by atoms with van der Waals surface area (Å²) in [6.45, 7) is 4.96. The van der Waals surface area contributed by atoms with Crippen LogP contribution in [0.1, 0.15) is 30.8 Å². The predicted octanol–water partition coefficient (Wildman–Crippen LogP) is 2.88. The minimum Gasteiger partial charge on any atom is -0.299 e. The highest BCUT2D eigenvalue weighted by Crippen LogP contribution is 2.11. The Morgan fingerprint density at radius 3 is 2.83 bits per heavy atom. The third-order valence-corrected chi connectivity index (χ3v) is 3.67. The lowest BCUT2D eigenvalue weighted by Crippen LogP contribution is -2.11. The Morgan fingerprint density at radius 1 is 1.39 bits per heavy atom. The number of ketones is 1. The highest BCUT2D eigenvalue weighted by atomic mass is 32.1. The summed E-state index contributed by atoms with van der Waals surface area (Å²) in [5.74, 6) is 0.255. The maximum absolute atomic E-state index is 12.0. The highest BCUT2D eigenvalue weighted by Gasteiger charge is 2.11. The Kier molecular flexibility index (Phi) is 4.31. The normalized spacial score (nSPS) is 10.8. The molecule has 0 aliphatic heterocycles. The third kappa shape index (κ3) is 3.07. The van der Waals surface area contributed by atoms with E-state index < -0.39 is 0 Å². The van der Waals surface area contributed by atoms with Crippen LogP contribution in [0, 0.1) is 0 Å². The molecule has 0 spiro atoms. The van der Waals surface area contributed by atoms with Gasteiger partial charge in [0.25, 0.3) is 0 Å². The molecule has 0 aliphatic carbocycles. The van der Waals surface area contributed by atoms with Crippen LogP contribution >= 0.6 is 11.3 Å². The van der Waals surface area contributed by atoms with Gasteiger partial charge in [-0.3, -0.25) is 9.48 Å². The average Bonchev–Trinajstić information content (AvgIpc) is 2.98. The van der Waals surface area contributed by atoms with Crippen LogP contribution in [0.4, 0.5) is 0 Å². The fraction of sp³-hybridized carbons (Fsp3) is 0.429. The molecule has 0 amide bonds. The smallest absolute Gasteiger partial charge is 0.143 e. The number of Topliss-reactive ketones (excluding diaryl/α,β-unsaturated/α-hetero) is 1. The Balaban J connectivity index is 2.04. The maximum atomic E-state index is 12.0. The van der Waals surface area contributed by atoms with Crippen LogP contribution in [0.15, 0.2) is 22.9 Å². The van der Waals surface area contributed by atoms with Crippen LogP contribution in [0.25, 0.3) is 0 Å². The number of hydrogen-bond donors (Lipinski definition) is 0. The Bertz CT molecular complexity index is 514. The molecule has 2 rings (SSSR count). The molecule has 18 heavy (non-hydrogen) atoms. The van der Waals surface area contributed by atoms with Crippen molar-refractivity contribution in [3.05, 3.63) is 39.8 Å². The van der Waals surface area contributed by atoms with Gasteiger partial charge in [0.05, 0.1) is 5.69 Å². The van der Waals surface area contributed by atoms with Gasteiger partial charge in [0.1, 0.15) is 5.78 Å². The van der Waals surface area contributed by atoms with E-state index in [1.165, 1.54) is 0 Å². The first-order valence-electron chi connectivity index (χ1n) is 6.31. The second kappa shape index (κ2) is 5.96. The Hall–Kier alpha value is -1.42. The molecule has 4 heteroatoms. The zero-order valence-electron chi connectivity index (χ0n) is 10.8. The van der Waals surface area contributed by atoms with Crippen LogP contribution in [0.5, 0.6) is 0 Å². The summed E-state index contributed by atoms with van der Waals surface area (Å²) in [5, 5.41) is 8.51. The van der Waals surface area contributed by atoms with E-state index in [1.807, 2.05) is 21.5 Å². The lowest BCUT2D eigenvalue weighted by atomic mass is 10.1. The van der Waals surface area contributed by atoms with E-state index in [1.54, 1.807) is 11.3 Å². The molecular formula is C14H18N2OS. The van der Waals surface area contributed by atoms with Crippen molar-refractivity contribution in [2.45, 2.75) is 39.7 Å². The van der Waals surface area contributed by atoms with Gasteiger partial charge >= 0.3 is 0 Å². The second-order valence-electron chi connectivity index (χ2n) is 4.32. The molecule has 0 aliphatic rings. The minimum absolute atomic E-state index is 0.255. The molecular weight excluding hydrogens is 244 g/mol. The zero-order chi connectivity index (χ0) is 13.0. The SMILES string of the molecule is CCc1cc(CC(=O)Cc2ccsc2)n(CC)n1. The summed E-state index contributed by atoms with van der Waals surface area (Å²) in [6, 6.07) is 4.06. The van der Waals surface area contributed by atoms with Crippen molar-refractivity contribution in [2.75, 3.05) is 0 Å². The maximum Gasteiger partial charge on any atom is 0.143 e. The van der Waals surface area contributed by atoms with Gasteiger partial charge in [-0.2, -0.15) is 16.4 Å². The molecule has 96 valence electrons. The van der Waals surface area contributed by atoms with Crippen molar-refractivity contribution < 1.29 is 4.79 Å². The van der Waals surface area contributed by atoms with Crippen LogP contribution in [0.2, 0.25) is 0 Å². The standard InChI is InChI=1S/C14H18N2OS/c1-3-12-8-13(16(4-2)15-12)9-14(17)7-11-5-6-18-10-11/h5-6,8,10H,3-4,7,9H2,1-2H3. The molecule has 2 heterocycles. The van der Waals surface area contributed by atoms with Gasteiger partial charge in [-0.1, -0.05) is 6.92 Å². The number of carbonyl (C=O) groups is 1. The molecule has 2 aromatic heterocycles. The third-order valence-electron chi connectivity index (χ3n) is 2.94. The molecule has 0 fully saturated rings. The second-order valence-corrected chi connectivity index (χ2v) is 5.10. The average molecular weight is 262 g/mol. The number of aromatic nitrogens is 2. The first kappa shape index (κ1) is 13.0. The first-order chi connectivity index (χ1) is 8.72. The van der Waals surface area contributed by atoms with Crippen molar-refractivity contribution in [3.63, 3.8) is 0 Å². The van der Waals surface area contributed by atoms with E-state index in [0.717, 1.165) is 29.9 Å². The number of nitrogens with zero attached hydrogens (tertiary/aromatic N) is 2. The van der Waals surface area contributed by atoms with Gasteiger partial charge in [-0.25, -0.2) is 0 Å². The van der Waals surface area contributed by atoms with Crippen molar-refractivity contribution in [1.82, 2.24) is 9.78 Å². The molecule has 2 aromatic rings. The van der Waals surface area contributed by atoms with Crippen molar-refractivity contribution in [1.29, 1.82) is 0 Å². The summed E-state index contributed by atoms with van der Waals surface area (Å²) >= 11 is 1.63. The van der Waals surface area contributed by atoms with E-state index in [9.17, 15) is 4.79 Å². The summed E-state index contributed by atoms with van der Waals surface area (Å²) in [6.07, 6.45) is 1.93. The van der Waals surface area contributed by atoms with Crippen LogP contribution in [0.3, 0.4) is 0 Å². The van der Waals surface area contributed by atoms with E-state index >= 15 is 0 Å².